The van der Waals surface area contributed by atoms with Gasteiger partial charge in [0.1, 0.15) is 0 Å². The third-order valence-electron chi connectivity index (χ3n) is 2.82. The van der Waals surface area contributed by atoms with E-state index in [1.165, 1.54) is 19.5 Å². The number of carbonyl (C=O) groups is 1. The number of rotatable bonds is 2. The molecule has 0 bridgehead atoms. The van der Waals surface area contributed by atoms with Crippen molar-refractivity contribution in [3.63, 3.8) is 0 Å². The number of carbonyl (C=O) groups excluding carboxylic acids is 1. The van der Waals surface area contributed by atoms with Gasteiger partial charge in [-0.1, -0.05) is 11.8 Å². The summed E-state index contributed by atoms with van der Waals surface area (Å²) in [5, 5.41) is 0. The van der Waals surface area contributed by atoms with E-state index in [2.05, 4.69) is 16.7 Å². The molecule has 2 fully saturated rings. The van der Waals surface area contributed by atoms with Crippen LogP contribution in [0.3, 0.4) is 0 Å². The van der Waals surface area contributed by atoms with Crippen molar-refractivity contribution in [1.29, 1.82) is 0 Å². The number of hydrogen-bond acceptors (Lipinski definition) is 2. The Balaban J connectivity index is 1.67. The molecule has 76 valence electrons. The number of hydrogen-bond donors (Lipinski definition) is 0. The van der Waals surface area contributed by atoms with E-state index < -0.39 is 0 Å². The molecule has 0 unspecified atom stereocenters. The summed E-state index contributed by atoms with van der Waals surface area (Å²) in [5.74, 6) is 6.45. The van der Waals surface area contributed by atoms with Crippen LogP contribution < -0.4 is 0 Å². The van der Waals surface area contributed by atoms with Crippen LogP contribution in [0.15, 0.2) is 0 Å². The van der Waals surface area contributed by atoms with Gasteiger partial charge in [0.25, 0.3) is 0 Å². The summed E-state index contributed by atoms with van der Waals surface area (Å²) in [4.78, 5) is 15.4. The van der Waals surface area contributed by atoms with Crippen LogP contribution in [0.1, 0.15) is 19.3 Å². The van der Waals surface area contributed by atoms with E-state index in [-0.39, 0.29) is 5.91 Å². The Morgan fingerprint density at radius 2 is 1.86 bits per heavy atom. The van der Waals surface area contributed by atoms with Crippen LogP contribution in [0.5, 0.6) is 0 Å². The lowest BCUT2D eigenvalue weighted by Gasteiger charge is -2.28. The van der Waals surface area contributed by atoms with Gasteiger partial charge in [-0.3, -0.25) is 9.69 Å². The number of nitrogens with zero attached hydrogens (tertiary/aromatic N) is 2. The fourth-order valence-electron chi connectivity index (χ4n) is 1.73. The van der Waals surface area contributed by atoms with E-state index in [0.717, 1.165) is 19.5 Å². The van der Waals surface area contributed by atoms with Crippen LogP contribution in [0.4, 0.5) is 0 Å². The van der Waals surface area contributed by atoms with Crippen molar-refractivity contribution in [3.05, 3.63) is 0 Å². The third kappa shape index (κ3) is 2.27. The average Bonchev–Trinajstić information content (AvgIpc) is 2.48. The molecular formula is C11H16N2O. The Kier molecular flexibility index (Phi) is 3.05. The van der Waals surface area contributed by atoms with E-state index in [0.29, 0.717) is 13.0 Å². The lowest BCUT2D eigenvalue weighted by Crippen LogP contribution is -2.37. The molecule has 0 aromatic carbocycles. The zero-order valence-corrected chi connectivity index (χ0v) is 8.46. The first-order chi connectivity index (χ1) is 6.86. The molecule has 0 spiro atoms. The molecule has 2 aliphatic rings. The van der Waals surface area contributed by atoms with Crippen LogP contribution in [0, 0.1) is 11.8 Å². The van der Waals surface area contributed by atoms with Gasteiger partial charge in [0.05, 0.1) is 13.1 Å². The van der Waals surface area contributed by atoms with Crippen LogP contribution >= 0.6 is 0 Å². The minimum Gasteiger partial charge on any atom is -0.332 e. The minimum absolute atomic E-state index is 0.267. The second-order valence-corrected chi connectivity index (χ2v) is 3.90. The van der Waals surface area contributed by atoms with Gasteiger partial charge >= 0.3 is 0 Å². The van der Waals surface area contributed by atoms with Crippen molar-refractivity contribution >= 4 is 5.91 Å². The van der Waals surface area contributed by atoms with E-state index in [1.54, 1.807) is 0 Å². The second-order valence-electron chi connectivity index (χ2n) is 3.90. The van der Waals surface area contributed by atoms with Crippen LogP contribution in [-0.2, 0) is 4.79 Å². The van der Waals surface area contributed by atoms with Crippen molar-refractivity contribution < 1.29 is 4.79 Å². The van der Waals surface area contributed by atoms with Gasteiger partial charge in [-0.25, -0.2) is 0 Å². The number of likely N-dealkylation sites (tertiary alicyclic amines) is 2. The Labute approximate surface area is 85.1 Å². The van der Waals surface area contributed by atoms with Crippen LogP contribution in [0.25, 0.3) is 0 Å². The molecule has 0 aromatic heterocycles. The highest BCUT2D eigenvalue weighted by molar-refractivity contribution is 5.78. The molecule has 0 atom stereocenters. The lowest BCUT2D eigenvalue weighted by atomic mass is 10.2. The van der Waals surface area contributed by atoms with Gasteiger partial charge in [0, 0.05) is 26.1 Å². The van der Waals surface area contributed by atoms with Crippen molar-refractivity contribution in [1.82, 2.24) is 9.80 Å². The first-order valence-corrected chi connectivity index (χ1v) is 5.32. The van der Waals surface area contributed by atoms with Crippen molar-refractivity contribution in [2.24, 2.45) is 0 Å². The third-order valence-corrected chi connectivity index (χ3v) is 2.82. The summed E-state index contributed by atoms with van der Waals surface area (Å²) in [6.07, 6.45) is 3.03. The highest BCUT2D eigenvalue weighted by Crippen LogP contribution is 2.08. The van der Waals surface area contributed by atoms with Crippen molar-refractivity contribution in [2.75, 3.05) is 32.7 Å². The SMILES string of the molecule is O=C1CCCN1CC#CCN1CCC1. The highest BCUT2D eigenvalue weighted by Gasteiger charge is 2.18. The molecule has 0 N–H and O–H groups in total. The summed E-state index contributed by atoms with van der Waals surface area (Å²) < 4.78 is 0. The molecule has 1 amide bonds. The van der Waals surface area contributed by atoms with Crippen molar-refractivity contribution in [2.45, 2.75) is 19.3 Å². The maximum absolute atomic E-state index is 11.2. The Morgan fingerprint density at radius 1 is 1.07 bits per heavy atom. The molecule has 0 radical (unpaired) electrons. The molecule has 3 heteroatoms. The fourth-order valence-corrected chi connectivity index (χ4v) is 1.73. The molecule has 2 heterocycles. The van der Waals surface area contributed by atoms with Gasteiger partial charge in [0.15, 0.2) is 0 Å². The van der Waals surface area contributed by atoms with E-state index >= 15 is 0 Å². The first kappa shape index (κ1) is 9.54. The summed E-state index contributed by atoms with van der Waals surface area (Å²) >= 11 is 0. The largest absolute Gasteiger partial charge is 0.332 e. The quantitative estimate of drug-likeness (QED) is 0.588. The zero-order chi connectivity index (χ0) is 9.80. The van der Waals surface area contributed by atoms with E-state index in [4.69, 9.17) is 0 Å². The molecule has 0 saturated carbocycles. The van der Waals surface area contributed by atoms with Crippen LogP contribution in [-0.4, -0.2) is 48.4 Å². The van der Waals surface area contributed by atoms with Gasteiger partial charge in [-0.05, 0) is 12.8 Å². The molecule has 2 saturated heterocycles. The van der Waals surface area contributed by atoms with Crippen molar-refractivity contribution in [3.8, 4) is 11.8 Å². The zero-order valence-electron chi connectivity index (χ0n) is 8.46. The van der Waals surface area contributed by atoms with Gasteiger partial charge in [-0.2, -0.15) is 0 Å². The Bertz CT molecular complexity index is 273. The predicted octanol–water partition coefficient (Wildman–Crippen LogP) is 0.318. The summed E-state index contributed by atoms with van der Waals surface area (Å²) in [7, 11) is 0. The van der Waals surface area contributed by atoms with E-state index in [9.17, 15) is 4.79 Å². The topological polar surface area (TPSA) is 23.6 Å². The molecule has 3 nitrogen and oxygen atoms in total. The van der Waals surface area contributed by atoms with Gasteiger partial charge in [0.2, 0.25) is 5.91 Å². The summed E-state index contributed by atoms with van der Waals surface area (Å²) in [5.41, 5.74) is 0. The fraction of sp³-hybridized carbons (Fsp3) is 0.727. The number of amides is 1. The highest BCUT2D eigenvalue weighted by atomic mass is 16.2. The predicted molar refractivity (Wildman–Crippen MR) is 54.6 cm³/mol. The van der Waals surface area contributed by atoms with E-state index in [1.807, 2.05) is 4.90 Å². The molecule has 14 heavy (non-hydrogen) atoms. The second kappa shape index (κ2) is 4.47. The van der Waals surface area contributed by atoms with Gasteiger partial charge < -0.3 is 4.90 Å². The average molecular weight is 192 g/mol. The maximum atomic E-state index is 11.2. The standard InChI is InChI=1S/C11H16N2O/c14-11-5-3-10-13(11)9-2-1-6-12-7-4-8-12/h3-10H2. The molecular weight excluding hydrogens is 176 g/mol. The summed E-state index contributed by atoms with van der Waals surface area (Å²) in [6.45, 7) is 4.79. The molecule has 2 rings (SSSR count). The van der Waals surface area contributed by atoms with Crippen LogP contribution in [0.2, 0.25) is 0 Å². The maximum Gasteiger partial charge on any atom is 0.223 e. The molecule has 2 aliphatic heterocycles. The smallest absolute Gasteiger partial charge is 0.223 e. The Morgan fingerprint density at radius 3 is 2.43 bits per heavy atom. The van der Waals surface area contributed by atoms with Gasteiger partial charge in [-0.15, -0.1) is 0 Å². The summed E-state index contributed by atoms with van der Waals surface area (Å²) in [6, 6.07) is 0. The lowest BCUT2D eigenvalue weighted by molar-refractivity contribution is -0.127. The normalized spacial score (nSPS) is 21.7. The first-order valence-electron chi connectivity index (χ1n) is 5.32. The minimum atomic E-state index is 0.267. The monoisotopic (exact) mass is 192 g/mol. The molecule has 0 aromatic rings. The molecule has 0 aliphatic carbocycles. The Hall–Kier alpha value is -1.01.